The molecule has 3 rings (SSSR count). The number of aryl methyl sites for hydroxylation is 1. The van der Waals surface area contributed by atoms with Gasteiger partial charge in [0, 0.05) is 11.9 Å². The zero-order chi connectivity index (χ0) is 29.7. The first-order chi connectivity index (χ1) is 19.7. The third-order valence-corrected chi connectivity index (χ3v) is 11.0. The summed E-state index contributed by atoms with van der Waals surface area (Å²) in [6.45, 7) is 4.48. The second-order valence-electron chi connectivity index (χ2n) is 10.7. The predicted octanol–water partition coefficient (Wildman–Crippen LogP) is 7.79. The molecule has 2 aromatic rings. The van der Waals surface area contributed by atoms with Gasteiger partial charge in [-0.1, -0.05) is 81.7 Å². The van der Waals surface area contributed by atoms with E-state index in [1.807, 2.05) is 31.2 Å². The van der Waals surface area contributed by atoms with Crippen molar-refractivity contribution in [3.63, 3.8) is 0 Å². The number of fused-ring (bicyclic) bond motifs is 1. The lowest BCUT2D eigenvalue weighted by molar-refractivity contribution is -0.136. The number of esters is 1. The Bertz CT molecular complexity index is 1340. The Morgan fingerprint density at radius 2 is 1.51 bits per heavy atom. The van der Waals surface area contributed by atoms with Crippen LogP contribution in [-0.2, 0) is 33.2 Å². The molecule has 1 aliphatic heterocycles. The van der Waals surface area contributed by atoms with Crippen LogP contribution < -0.4 is 4.72 Å². The van der Waals surface area contributed by atoms with Gasteiger partial charge in [0.05, 0.1) is 30.3 Å². The number of carbonyl (C=O) groups is 1. The van der Waals surface area contributed by atoms with Gasteiger partial charge in [-0.25, -0.2) is 22.5 Å². The number of allylic oxidation sites excluding steroid dienone is 1. The van der Waals surface area contributed by atoms with Gasteiger partial charge in [0.2, 0.25) is 10.0 Å². The van der Waals surface area contributed by atoms with Gasteiger partial charge in [0.25, 0.3) is 0 Å². The molecule has 1 atom stereocenters. The van der Waals surface area contributed by atoms with E-state index < -0.39 is 23.6 Å². The third kappa shape index (κ3) is 10.2. The van der Waals surface area contributed by atoms with E-state index in [0.29, 0.717) is 48.4 Å². The minimum atomic E-state index is -3.54. The Morgan fingerprint density at radius 1 is 0.902 bits per heavy atom. The maximum absolute atomic E-state index is 12.9. The first-order valence-electron chi connectivity index (χ1n) is 14.9. The van der Waals surface area contributed by atoms with E-state index in [1.165, 1.54) is 20.0 Å². The summed E-state index contributed by atoms with van der Waals surface area (Å²) in [7, 11) is -5.43. The van der Waals surface area contributed by atoms with E-state index in [-0.39, 0.29) is 0 Å². The standard InChI is InChI=1S/C31H46NO7PS/c1-25-17-14-19-29-27(25)18-15-21-30(29)41(35,36)32-22-12-10-8-6-4-5-7-9-11-13-23-38-40(34)24-16-20-28(26(2)39-40)31(33)37-3/h14-15,17-19,21,32H,4-13,16,20,22-24H2,1-3H3. The summed E-state index contributed by atoms with van der Waals surface area (Å²) in [5, 5.41) is 1.73. The van der Waals surface area contributed by atoms with Crippen LogP contribution in [0.1, 0.15) is 89.5 Å². The SMILES string of the molecule is COC(=O)C1=C(C)OP(=O)(OCCCCCCCCCCCCNS(=O)(=O)c2cccc3c(C)cccc23)CCC1. The molecule has 1 heterocycles. The number of hydrogen-bond donors (Lipinski definition) is 1. The van der Waals surface area contributed by atoms with Crippen molar-refractivity contribution in [1.29, 1.82) is 0 Å². The first kappa shape index (κ1) is 33.3. The van der Waals surface area contributed by atoms with Crippen molar-refractivity contribution >= 4 is 34.4 Å². The van der Waals surface area contributed by atoms with Crippen LogP contribution >= 0.6 is 7.60 Å². The van der Waals surface area contributed by atoms with Crippen LogP contribution in [0.4, 0.5) is 0 Å². The zero-order valence-corrected chi connectivity index (χ0v) is 26.5. The lowest BCUT2D eigenvalue weighted by Gasteiger charge is -2.18. The molecule has 0 amide bonds. The van der Waals surface area contributed by atoms with E-state index in [2.05, 4.69) is 4.72 Å². The Balaban J connectivity index is 1.20. The van der Waals surface area contributed by atoms with E-state index in [1.54, 1.807) is 19.1 Å². The van der Waals surface area contributed by atoms with Crippen molar-refractivity contribution in [2.45, 2.75) is 95.8 Å². The maximum atomic E-state index is 12.9. The summed E-state index contributed by atoms with van der Waals surface area (Å²) in [4.78, 5) is 12.2. The van der Waals surface area contributed by atoms with E-state index in [0.717, 1.165) is 67.7 Å². The molecular formula is C31H46NO7PS. The Kier molecular flexibility index (Phi) is 13.4. The summed E-state index contributed by atoms with van der Waals surface area (Å²) < 4.78 is 57.4. The molecule has 8 nitrogen and oxygen atoms in total. The fourth-order valence-electron chi connectivity index (χ4n) is 5.20. The van der Waals surface area contributed by atoms with Crippen molar-refractivity contribution < 1.29 is 31.6 Å². The number of unbranched alkanes of at least 4 members (excludes halogenated alkanes) is 9. The van der Waals surface area contributed by atoms with Gasteiger partial charge >= 0.3 is 13.6 Å². The summed E-state index contributed by atoms with van der Waals surface area (Å²) in [5.74, 6) is -0.0961. The van der Waals surface area contributed by atoms with Gasteiger partial charge in [-0.15, -0.1) is 0 Å². The largest absolute Gasteiger partial charge is 0.466 e. The van der Waals surface area contributed by atoms with E-state index in [9.17, 15) is 17.8 Å². The van der Waals surface area contributed by atoms with Crippen molar-refractivity contribution in [3.05, 3.63) is 53.3 Å². The Morgan fingerprint density at radius 3 is 2.20 bits per heavy atom. The van der Waals surface area contributed by atoms with Crippen LogP contribution in [-0.4, -0.2) is 40.8 Å². The lowest BCUT2D eigenvalue weighted by atomic mass is 10.1. The number of methoxy groups -OCH3 is 1. The number of hydrogen-bond acceptors (Lipinski definition) is 7. The molecule has 1 unspecified atom stereocenters. The van der Waals surface area contributed by atoms with Crippen LogP contribution in [0.15, 0.2) is 52.6 Å². The number of nitrogens with one attached hydrogen (secondary N) is 1. The molecule has 1 N–H and O–H groups in total. The number of carbonyl (C=O) groups excluding carboxylic acids is 1. The molecule has 41 heavy (non-hydrogen) atoms. The molecule has 0 radical (unpaired) electrons. The molecule has 0 spiro atoms. The Hall–Kier alpha value is -2.19. The minimum absolute atomic E-state index is 0.306. The third-order valence-electron chi connectivity index (χ3n) is 7.53. The normalized spacial score (nSPS) is 17.8. The van der Waals surface area contributed by atoms with Crippen LogP contribution in [0.5, 0.6) is 0 Å². The average Bonchev–Trinajstić information content (AvgIpc) is 3.10. The highest BCUT2D eigenvalue weighted by Crippen LogP contribution is 2.53. The second-order valence-corrected chi connectivity index (χ2v) is 14.6. The Labute approximate surface area is 245 Å². The predicted molar refractivity (Wildman–Crippen MR) is 164 cm³/mol. The highest BCUT2D eigenvalue weighted by Gasteiger charge is 2.31. The number of sulfonamides is 1. The van der Waals surface area contributed by atoms with Gasteiger partial charge < -0.3 is 9.26 Å². The molecule has 0 saturated heterocycles. The molecule has 1 aliphatic rings. The van der Waals surface area contributed by atoms with Gasteiger partial charge in [0.1, 0.15) is 5.76 Å². The van der Waals surface area contributed by atoms with Crippen LogP contribution in [0.3, 0.4) is 0 Å². The monoisotopic (exact) mass is 607 g/mol. The van der Waals surface area contributed by atoms with Crippen molar-refractivity contribution in [3.8, 4) is 0 Å². The van der Waals surface area contributed by atoms with Crippen molar-refractivity contribution in [2.24, 2.45) is 0 Å². The quantitative estimate of drug-likeness (QED) is 0.111. The van der Waals surface area contributed by atoms with Gasteiger partial charge in [-0.3, -0.25) is 4.52 Å². The fourth-order valence-corrected chi connectivity index (χ4v) is 8.24. The highest BCUT2D eigenvalue weighted by atomic mass is 32.2. The van der Waals surface area contributed by atoms with Crippen LogP contribution in [0.25, 0.3) is 10.8 Å². The molecule has 0 aromatic heterocycles. The van der Waals surface area contributed by atoms with Gasteiger partial charge in [-0.2, -0.15) is 0 Å². The fraction of sp³-hybridized carbons (Fsp3) is 0.581. The summed E-state index contributed by atoms with van der Waals surface area (Å²) in [6, 6.07) is 11.2. The molecule has 0 fully saturated rings. The lowest BCUT2D eigenvalue weighted by Crippen LogP contribution is -2.25. The highest BCUT2D eigenvalue weighted by molar-refractivity contribution is 7.89. The molecular weight excluding hydrogens is 561 g/mol. The second kappa shape index (κ2) is 16.4. The van der Waals surface area contributed by atoms with Crippen molar-refractivity contribution in [1.82, 2.24) is 4.72 Å². The summed E-state index contributed by atoms with van der Waals surface area (Å²) in [6.07, 6.45) is 11.9. The van der Waals surface area contributed by atoms with Gasteiger partial charge in [0.15, 0.2) is 0 Å². The zero-order valence-electron chi connectivity index (χ0n) is 24.8. The minimum Gasteiger partial charge on any atom is -0.466 e. The molecule has 0 bridgehead atoms. The topological polar surface area (TPSA) is 108 Å². The smallest absolute Gasteiger partial charge is 0.378 e. The summed E-state index contributed by atoms with van der Waals surface area (Å²) in [5.41, 5.74) is 1.50. The molecule has 10 heteroatoms. The molecule has 2 aromatic carbocycles. The van der Waals surface area contributed by atoms with Gasteiger partial charge in [-0.05, 0) is 56.5 Å². The maximum Gasteiger partial charge on any atom is 0.378 e. The molecule has 0 saturated carbocycles. The molecule has 228 valence electrons. The average molecular weight is 608 g/mol. The van der Waals surface area contributed by atoms with E-state index >= 15 is 0 Å². The number of benzene rings is 2. The van der Waals surface area contributed by atoms with E-state index in [4.69, 9.17) is 13.8 Å². The van der Waals surface area contributed by atoms with Crippen LogP contribution in [0.2, 0.25) is 0 Å². The molecule has 0 aliphatic carbocycles. The summed E-state index contributed by atoms with van der Waals surface area (Å²) >= 11 is 0. The number of ether oxygens (including phenoxy) is 1. The number of rotatable bonds is 17. The first-order valence-corrected chi connectivity index (χ1v) is 18.1. The van der Waals surface area contributed by atoms with Crippen molar-refractivity contribution in [2.75, 3.05) is 26.4 Å². The van der Waals surface area contributed by atoms with Crippen LogP contribution in [0, 0.1) is 6.92 Å².